The van der Waals surface area contributed by atoms with Gasteiger partial charge in [0.2, 0.25) is 12.7 Å². The fourth-order valence-corrected chi connectivity index (χ4v) is 4.45. The molecule has 2 heterocycles. The van der Waals surface area contributed by atoms with Crippen molar-refractivity contribution in [2.75, 3.05) is 26.4 Å². The number of carbonyl (C=O) groups excluding carboxylic acids is 3. The summed E-state index contributed by atoms with van der Waals surface area (Å²) in [4.78, 5) is 40.8. The van der Waals surface area contributed by atoms with Gasteiger partial charge in [0.25, 0.3) is 11.8 Å². The summed E-state index contributed by atoms with van der Waals surface area (Å²) in [6.07, 6.45) is 2.05. The zero-order valence-corrected chi connectivity index (χ0v) is 19.6. The van der Waals surface area contributed by atoms with Crippen LogP contribution in [0.1, 0.15) is 52.5 Å². The molecule has 8 heteroatoms. The molecule has 1 saturated heterocycles. The molecule has 4 rings (SSSR count). The lowest BCUT2D eigenvalue weighted by atomic mass is 9.88. The van der Waals surface area contributed by atoms with Crippen LogP contribution in [-0.2, 0) is 4.79 Å². The van der Waals surface area contributed by atoms with Crippen molar-refractivity contribution in [3.05, 3.63) is 59.2 Å². The second kappa shape index (κ2) is 10.6. The number of hydrogen-bond donors (Lipinski definition) is 2. The molecule has 0 spiro atoms. The van der Waals surface area contributed by atoms with Gasteiger partial charge in [0, 0.05) is 30.8 Å². The Morgan fingerprint density at radius 2 is 1.79 bits per heavy atom. The maximum atomic E-state index is 13.0. The highest BCUT2D eigenvalue weighted by Crippen LogP contribution is 2.33. The Hall–Kier alpha value is -3.55. The number of benzene rings is 2. The summed E-state index contributed by atoms with van der Waals surface area (Å²) in [5.74, 6) is 0.643. The highest BCUT2D eigenvalue weighted by atomic mass is 16.7. The van der Waals surface area contributed by atoms with Crippen LogP contribution in [0.2, 0.25) is 0 Å². The number of nitrogens with zero attached hydrogens (tertiary/aromatic N) is 1. The van der Waals surface area contributed by atoms with Crippen molar-refractivity contribution in [2.45, 2.75) is 39.2 Å². The molecule has 1 fully saturated rings. The van der Waals surface area contributed by atoms with Crippen molar-refractivity contribution in [3.8, 4) is 11.5 Å². The third-order valence-electron chi connectivity index (χ3n) is 6.43. The zero-order chi connectivity index (χ0) is 24.1. The molecule has 1 atom stereocenters. The Morgan fingerprint density at radius 1 is 1.06 bits per heavy atom. The largest absolute Gasteiger partial charge is 0.454 e. The lowest BCUT2D eigenvalue weighted by molar-refractivity contribution is -0.124. The number of ether oxygens (including phenoxy) is 2. The van der Waals surface area contributed by atoms with E-state index in [2.05, 4.69) is 10.6 Å². The minimum absolute atomic E-state index is 0.0642. The molecule has 0 saturated carbocycles. The Bertz CT molecular complexity index is 1060. The molecule has 34 heavy (non-hydrogen) atoms. The van der Waals surface area contributed by atoms with E-state index in [1.54, 1.807) is 29.2 Å². The van der Waals surface area contributed by atoms with E-state index in [0.29, 0.717) is 55.1 Å². The third-order valence-corrected chi connectivity index (χ3v) is 6.43. The molecule has 0 aromatic heterocycles. The molecule has 2 aliphatic heterocycles. The first kappa shape index (κ1) is 23.6. The average molecular weight is 466 g/mol. The van der Waals surface area contributed by atoms with Crippen molar-refractivity contribution in [1.82, 2.24) is 15.5 Å². The number of aryl methyl sites for hydroxylation is 1. The summed E-state index contributed by atoms with van der Waals surface area (Å²) in [7, 11) is 0. The van der Waals surface area contributed by atoms with Crippen LogP contribution < -0.4 is 20.1 Å². The van der Waals surface area contributed by atoms with Gasteiger partial charge in [0.05, 0.1) is 0 Å². The van der Waals surface area contributed by atoms with Gasteiger partial charge in [-0.15, -0.1) is 0 Å². The van der Waals surface area contributed by atoms with E-state index in [4.69, 9.17) is 9.47 Å². The molecular formula is C26H31N3O5. The van der Waals surface area contributed by atoms with E-state index in [-0.39, 0.29) is 30.4 Å². The summed E-state index contributed by atoms with van der Waals surface area (Å²) in [5.41, 5.74) is 1.97. The molecule has 0 radical (unpaired) electrons. The average Bonchev–Trinajstić information content (AvgIpc) is 3.33. The zero-order valence-electron chi connectivity index (χ0n) is 19.6. The second-order valence-corrected chi connectivity index (χ2v) is 8.75. The summed E-state index contributed by atoms with van der Waals surface area (Å²) < 4.78 is 10.7. The molecule has 2 N–H and O–H groups in total. The third kappa shape index (κ3) is 5.16. The van der Waals surface area contributed by atoms with Crippen LogP contribution in [0, 0.1) is 12.8 Å². The van der Waals surface area contributed by atoms with Crippen molar-refractivity contribution in [2.24, 2.45) is 5.92 Å². The van der Waals surface area contributed by atoms with Crippen molar-refractivity contribution >= 4 is 17.7 Å². The maximum Gasteiger partial charge on any atom is 0.253 e. The van der Waals surface area contributed by atoms with Crippen LogP contribution in [-0.4, -0.2) is 55.1 Å². The molecule has 3 amide bonds. The maximum absolute atomic E-state index is 13.0. The van der Waals surface area contributed by atoms with Crippen LogP contribution in [0.25, 0.3) is 0 Å². The molecular weight excluding hydrogens is 434 g/mol. The molecule has 2 aromatic rings. The number of amides is 3. The van der Waals surface area contributed by atoms with Gasteiger partial charge in [0.1, 0.15) is 6.04 Å². The SMILES string of the molecule is CCCNC(=O)C(NC(=O)c1ccccc1C)C1CCN(C(=O)c2ccc3c(c2)OCO3)CC1. The Labute approximate surface area is 199 Å². The van der Waals surface area contributed by atoms with E-state index < -0.39 is 6.04 Å². The molecule has 8 nitrogen and oxygen atoms in total. The standard InChI is InChI=1S/C26H31N3O5/c1-3-12-27-25(31)23(28-24(30)20-7-5-4-6-17(20)2)18-10-13-29(14-11-18)26(32)19-8-9-21-22(15-19)34-16-33-21/h4-9,15,18,23H,3,10-14,16H2,1-2H3,(H,27,31)(H,28,30). The van der Waals surface area contributed by atoms with Gasteiger partial charge >= 0.3 is 0 Å². The Morgan fingerprint density at radius 3 is 2.53 bits per heavy atom. The lowest BCUT2D eigenvalue weighted by Crippen LogP contribution is -2.54. The Balaban J connectivity index is 1.42. The van der Waals surface area contributed by atoms with Gasteiger partial charge in [-0.3, -0.25) is 14.4 Å². The van der Waals surface area contributed by atoms with E-state index in [0.717, 1.165) is 12.0 Å². The van der Waals surface area contributed by atoms with Crippen LogP contribution >= 0.6 is 0 Å². The minimum Gasteiger partial charge on any atom is -0.454 e. The number of piperidine rings is 1. The number of fused-ring (bicyclic) bond motifs is 1. The summed E-state index contributed by atoms with van der Waals surface area (Å²) >= 11 is 0. The highest BCUT2D eigenvalue weighted by Gasteiger charge is 2.34. The van der Waals surface area contributed by atoms with E-state index in [1.165, 1.54) is 0 Å². The summed E-state index contributed by atoms with van der Waals surface area (Å²) in [5, 5.41) is 5.90. The number of likely N-dealkylation sites (tertiary alicyclic amines) is 1. The quantitative estimate of drug-likeness (QED) is 0.656. The van der Waals surface area contributed by atoms with Crippen LogP contribution in [0.15, 0.2) is 42.5 Å². The number of nitrogens with one attached hydrogen (secondary N) is 2. The van der Waals surface area contributed by atoms with Crippen LogP contribution in [0.4, 0.5) is 0 Å². The van der Waals surface area contributed by atoms with Crippen LogP contribution in [0.5, 0.6) is 11.5 Å². The van der Waals surface area contributed by atoms with Crippen LogP contribution in [0.3, 0.4) is 0 Å². The normalized spacial score (nSPS) is 16.1. The molecule has 2 aliphatic rings. The molecule has 180 valence electrons. The summed E-state index contributed by atoms with van der Waals surface area (Å²) in [6, 6.07) is 11.9. The molecule has 1 unspecified atom stereocenters. The first-order chi connectivity index (χ1) is 16.5. The van der Waals surface area contributed by atoms with Gasteiger partial charge in [0.15, 0.2) is 11.5 Å². The van der Waals surface area contributed by atoms with Gasteiger partial charge in [-0.25, -0.2) is 0 Å². The van der Waals surface area contributed by atoms with Crippen molar-refractivity contribution in [1.29, 1.82) is 0 Å². The van der Waals surface area contributed by atoms with Gasteiger partial charge in [-0.1, -0.05) is 25.1 Å². The van der Waals surface area contributed by atoms with Crippen molar-refractivity contribution < 1.29 is 23.9 Å². The minimum atomic E-state index is -0.651. The first-order valence-corrected chi connectivity index (χ1v) is 11.8. The first-order valence-electron chi connectivity index (χ1n) is 11.8. The van der Waals surface area contributed by atoms with Gasteiger partial charge < -0.3 is 25.0 Å². The van der Waals surface area contributed by atoms with E-state index in [9.17, 15) is 14.4 Å². The second-order valence-electron chi connectivity index (χ2n) is 8.75. The lowest BCUT2D eigenvalue weighted by Gasteiger charge is -2.36. The fraction of sp³-hybridized carbons (Fsp3) is 0.423. The van der Waals surface area contributed by atoms with Gasteiger partial charge in [-0.2, -0.15) is 0 Å². The van der Waals surface area contributed by atoms with Gasteiger partial charge in [-0.05, 0) is 61.9 Å². The molecule has 0 bridgehead atoms. The molecule has 0 aliphatic carbocycles. The molecule has 2 aromatic carbocycles. The Kier molecular flexibility index (Phi) is 7.35. The van der Waals surface area contributed by atoms with Crippen molar-refractivity contribution in [3.63, 3.8) is 0 Å². The number of rotatable bonds is 7. The number of hydrogen-bond acceptors (Lipinski definition) is 5. The fourth-order valence-electron chi connectivity index (χ4n) is 4.45. The number of carbonyl (C=O) groups is 3. The topological polar surface area (TPSA) is 97.0 Å². The monoisotopic (exact) mass is 465 g/mol. The summed E-state index contributed by atoms with van der Waals surface area (Å²) in [6.45, 7) is 5.60. The predicted octanol–water partition coefficient (Wildman–Crippen LogP) is 2.90. The smallest absolute Gasteiger partial charge is 0.253 e. The highest BCUT2D eigenvalue weighted by molar-refractivity contribution is 5.99. The van der Waals surface area contributed by atoms with E-state index in [1.807, 2.05) is 32.0 Å². The van der Waals surface area contributed by atoms with E-state index >= 15 is 0 Å². The predicted molar refractivity (Wildman–Crippen MR) is 127 cm³/mol.